The van der Waals surface area contributed by atoms with E-state index in [1.54, 1.807) is 0 Å². The maximum atomic E-state index is 13.6. The van der Waals surface area contributed by atoms with E-state index in [4.69, 9.17) is 5.11 Å². The first kappa shape index (κ1) is 14.6. The van der Waals surface area contributed by atoms with Gasteiger partial charge in [0.15, 0.2) is 0 Å². The van der Waals surface area contributed by atoms with Gasteiger partial charge in [-0.05, 0) is 35.9 Å². The number of benzene rings is 2. The molecule has 2 aromatic rings. The summed E-state index contributed by atoms with van der Waals surface area (Å²) in [6, 6.07) is 8.57. The molecule has 0 saturated heterocycles. The summed E-state index contributed by atoms with van der Waals surface area (Å²) in [5.41, 5.74) is 0.271. The van der Waals surface area contributed by atoms with E-state index < -0.39 is 23.5 Å². The van der Waals surface area contributed by atoms with Crippen LogP contribution in [-0.2, 0) is 11.2 Å². The molecule has 1 amide bonds. The largest absolute Gasteiger partial charge is 0.478 e. The Bertz CT molecular complexity index is 684. The first-order valence-electron chi connectivity index (χ1n) is 6.03. The number of hydrogen-bond acceptors (Lipinski definition) is 2. The SMILES string of the molecule is O=C(Cc1ccc(F)cc1)Nc1ccc(C(=O)O)cc1F. The fraction of sp³-hybridized carbons (Fsp3) is 0.0667. The number of aromatic carboxylic acids is 1. The third kappa shape index (κ3) is 3.85. The van der Waals surface area contributed by atoms with Crippen LogP contribution in [0.15, 0.2) is 42.5 Å². The summed E-state index contributed by atoms with van der Waals surface area (Å²) in [7, 11) is 0. The molecule has 2 rings (SSSR count). The predicted octanol–water partition coefficient (Wildman–Crippen LogP) is 2.84. The molecule has 0 fully saturated rings. The van der Waals surface area contributed by atoms with Gasteiger partial charge in [-0.3, -0.25) is 4.79 Å². The molecule has 0 radical (unpaired) electrons. The Morgan fingerprint density at radius 3 is 2.29 bits per heavy atom. The van der Waals surface area contributed by atoms with Crippen LogP contribution in [0.2, 0.25) is 0 Å². The summed E-state index contributed by atoms with van der Waals surface area (Å²) < 4.78 is 26.4. The zero-order valence-corrected chi connectivity index (χ0v) is 10.8. The van der Waals surface area contributed by atoms with E-state index in [9.17, 15) is 18.4 Å². The fourth-order valence-corrected chi connectivity index (χ4v) is 1.73. The molecule has 0 aliphatic carbocycles. The third-order valence-electron chi connectivity index (χ3n) is 2.77. The Labute approximate surface area is 119 Å². The average Bonchev–Trinajstić information content (AvgIpc) is 2.43. The fourth-order valence-electron chi connectivity index (χ4n) is 1.73. The summed E-state index contributed by atoms with van der Waals surface area (Å²) in [5, 5.41) is 11.1. The van der Waals surface area contributed by atoms with Crippen molar-refractivity contribution in [2.45, 2.75) is 6.42 Å². The number of carboxylic acids is 1. The number of hydrogen-bond donors (Lipinski definition) is 2. The van der Waals surface area contributed by atoms with Gasteiger partial charge in [0, 0.05) is 0 Å². The second kappa shape index (κ2) is 6.13. The Morgan fingerprint density at radius 1 is 1.05 bits per heavy atom. The molecule has 0 unspecified atom stereocenters. The lowest BCUT2D eigenvalue weighted by molar-refractivity contribution is -0.115. The highest BCUT2D eigenvalue weighted by Gasteiger charge is 2.11. The number of anilines is 1. The van der Waals surface area contributed by atoms with Gasteiger partial charge < -0.3 is 10.4 Å². The van der Waals surface area contributed by atoms with Crippen LogP contribution in [0.4, 0.5) is 14.5 Å². The smallest absolute Gasteiger partial charge is 0.335 e. The second-order valence-corrected chi connectivity index (χ2v) is 4.35. The molecule has 21 heavy (non-hydrogen) atoms. The van der Waals surface area contributed by atoms with Crippen LogP contribution >= 0.6 is 0 Å². The van der Waals surface area contributed by atoms with Crippen molar-refractivity contribution in [1.29, 1.82) is 0 Å². The van der Waals surface area contributed by atoms with Crippen LogP contribution in [-0.4, -0.2) is 17.0 Å². The van der Waals surface area contributed by atoms with Crippen molar-refractivity contribution in [3.63, 3.8) is 0 Å². The Kier molecular flexibility index (Phi) is 4.27. The number of halogens is 2. The summed E-state index contributed by atoms with van der Waals surface area (Å²) in [6.07, 6.45) is -0.0413. The van der Waals surface area contributed by atoms with E-state index in [2.05, 4.69) is 5.32 Å². The van der Waals surface area contributed by atoms with Crippen molar-refractivity contribution < 1.29 is 23.5 Å². The van der Waals surface area contributed by atoms with Gasteiger partial charge in [0.2, 0.25) is 5.91 Å². The number of carbonyl (C=O) groups is 2. The molecule has 0 atom stereocenters. The number of carboxylic acid groups (broad SMARTS) is 1. The van der Waals surface area contributed by atoms with Gasteiger partial charge in [-0.2, -0.15) is 0 Å². The van der Waals surface area contributed by atoms with Crippen molar-refractivity contribution in [2.75, 3.05) is 5.32 Å². The normalized spacial score (nSPS) is 10.2. The van der Waals surface area contributed by atoms with Crippen molar-refractivity contribution >= 4 is 17.6 Å². The zero-order valence-electron chi connectivity index (χ0n) is 10.8. The molecule has 0 aliphatic heterocycles. The standard InChI is InChI=1S/C15H11F2NO3/c16-11-4-1-9(2-5-11)7-14(19)18-13-6-3-10(15(20)21)8-12(13)17/h1-6,8H,7H2,(H,18,19)(H,20,21). The minimum Gasteiger partial charge on any atom is -0.478 e. The Morgan fingerprint density at radius 2 is 1.71 bits per heavy atom. The van der Waals surface area contributed by atoms with Gasteiger partial charge >= 0.3 is 5.97 Å². The minimum absolute atomic E-state index is 0.0413. The topological polar surface area (TPSA) is 66.4 Å². The molecular formula is C15H11F2NO3. The number of nitrogens with one attached hydrogen (secondary N) is 1. The quantitative estimate of drug-likeness (QED) is 0.910. The Hall–Kier alpha value is -2.76. The van der Waals surface area contributed by atoms with Gasteiger partial charge in [-0.15, -0.1) is 0 Å². The van der Waals surface area contributed by atoms with Gasteiger partial charge in [0.1, 0.15) is 11.6 Å². The van der Waals surface area contributed by atoms with Gasteiger partial charge in [-0.25, -0.2) is 13.6 Å². The summed E-state index contributed by atoms with van der Waals surface area (Å²) >= 11 is 0. The van der Waals surface area contributed by atoms with Gasteiger partial charge in [0.25, 0.3) is 0 Å². The van der Waals surface area contributed by atoms with Crippen LogP contribution in [0.3, 0.4) is 0 Å². The van der Waals surface area contributed by atoms with Crippen LogP contribution in [0.1, 0.15) is 15.9 Å². The molecule has 0 aromatic heterocycles. The molecule has 108 valence electrons. The molecule has 0 spiro atoms. The predicted molar refractivity (Wildman–Crippen MR) is 72.1 cm³/mol. The second-order valence-electron chi connectivity index (χ2n) is 4.35. The van der Waals surface area contributed by atoms with Crippen LogP contribution in [0, 0.1) is 11.6 Å². The van der Waals surface area contributed by atoms with E-state index in [1.807, 2.05) is 0 Å². The van der Waals surface area contributed by atoms with Crippen LogP contribution < -0.4 is 5.32 Å². The first-order valence-corrected chi connectivity index (χ1v) is 6.03. The van der Waals surface area contributed by atoms with Crippen molar-refractivity contribution in [2.24, 2.45) is 0 Å². The van der Waals surface area contributed by atoms with Crippen molar-refractivity contribution in [1.82, 2.24) is 0 Å². The third-order valence-corrected chi connectivity index (χ3v) is 2.77. The summed E-state index contributed by atoms with van der Waals surface area (Å²) in [4.78, 5) is 22.4. The molecule has 4 nitrogen and oxygen atoms in total. The summed E-state index contributed by atoms with van der Waals surface area (Å²) in [5.74, 6) is -2.97. The highest BCUT2D eigenvalue weighted by atomic mass is 19.1. The molecule has 0 aliphatic rings. The number of carbonyl (C=O) groups excluding carboxylic acids is 1. The van der Waals surface area contributed by atoms with Crippen molar-refractivity contribution in [3.05, 3.63) is 65.2 Å². The molecule has 2 aromatic carbocycles. The molecule has 0 heterocycles. The maximum absolute atomic E-state index is 13.6. The van der Waals surface area contributed by atoms with E-state index in [0.717, 1.165) is 6.07 Å². The van der Waals surface area contributed by atoms with Gasteiger partial charge in [0.05, 0.1) is 17.7 Å². The van der Waals surface area contributed by atoms with Crippen LogP contribution in [0.25, 0.3) is 0 Å². The summed E-state index contributed by atoms with van der Waals surface area (Å²) in [6.45, 7) is 0. The first-order chi connectivity index (χ1) is 9.95. The lowest BCUT2D eigenvalue weighted by Gasteiger charge is -2.07. The molecule has 6 heteroatoms. The molecule has 2 N–H and O–H groups in total. The average molecular weight is 291 g/mol. The van der Waals surface area contributed by atoms with E-state index in [1.165, 1.54) is 36.4 Å². The van der Waals surface area contributed by atoms with E-state index in [-0.39, 0.29) is 17.7 Å². The molecule has 0 bridgehead atoms. The van der Waals surface area contributed by atoms with Gasteiger partial charge in [-0.1, -0.05) is 12.1 Å². The van der Waals surface area contributed by atoms with E-state index in [0.29, 0.717) is 5.56 Å². The maximum Gasteiger partial charge on any atom is 0.335 e. The zero-order chi connectivity index (χ0) is 15.4. The lowest BCUT2D eigenvalue weighted by Crippen LogP contribution is -2.15. The van der Waals surface area contributed by atoms with Crippen molar-refractivity contribution in [3.8, 4) is 0 Å². The highest BCUT2D eigenvalue weighted by Crippen LogP contribution is 2.16. The number of rotatable bonds is 4. The van der Waals surface area contributed by atoms with E-state index >= 15 is 0 Å². The lowest BCUT2D eigenvalue weighted by atomic mass is 10.1. The van der Waals surface area contributed by atoms with Crippen LogP contribution in [0.5, 0.6) is 0 Å². The highest BCUT2D eigenvalue weighted by molar-refractivity contribution is 5.93. The monoisotopic (exact) mass is 291 g/mol. The molecular weight excluding hydrogens is 280 g/mol. The molecule has 0 saturated carbocycles. The Balaban J connectivity index is 2.06. The minimum atomic E-state index is -1.25. The number of amides is 1.